The first-order valence-electron chi connectivity index (χ1n) is 9.79. The minimum atomic E-state index is -0.700. The predicted octanol–water partition coefficient (Wildman–Crippen LogP) is 4.05. The lowest BCUT2D eigenvalue weighted by molar-refractivity contribution is -0.147. The van der Waals surface area contributed by atoms with E-state index in [1.807, 2.05) is 34.9 Å². The third-order valence-corrected chi connectivity index (χ3v) is 5.30. The van der Waals surface area contributed by atoms with E-state index in [1.165, 1.54) is 0 Å². The molecule has 2 aromatic carbocycles. The number of rotatable bonds is 6. The minimum Gasteiger partial charge on any atom is -0.493 e. The highest BCUT2D eigenvalue weighted by Crippen LogP contribution is 2.45. The van der Waals surface area contributed by atoms with Crippen molar-refractivity contribution in [3.05, 3.63) is 64.7 Å². The molecule has 1 aliphatic heterocycles. The van der Waals surface area contributed by atoms with Crippen LogP contribution >= 0.6 is 11.6 Å². The van der Waals surface area contributed by atoms with E-state index < -0.39 is 12.2 Å². The van der Waals surface area contributed by atoms with E-state index in [4.69, 9.17) is 30.5 Å². The van der Waals surface area contributed by atoms with E-state index in [9.17, 15) is 4.79 Å². The van der Waals surface area contributed by atoms with Gasteiger partial charge in [-0.25, -0.2) is 0 Å². The Morgan fingerprint density at radius 2 is 2.03 bits per heavy atom. The van der Waals surface area contributed by atoms with Crippen molar-refractivity contribution in [3.63, 3.8) is 0 Å². The topological polar surface area (TPSA) is 84.7 Å². The number of para-hydroxylation sites is 1. The van der Waals surface area contributed by atoms with Gasteiger partial charge in [-0.15, -0.1) is 10.2 Å². The van der Waals surface area contributed by atoms with E-state index in [0.29, 0.717) is 22.3 Å². The van der Waals surface area contributed by atoms with Gasteiger partial charge in [0.05, 0.1) is 32.9 Å². The number of halogens is 1. The normalized spacial score (nSPS) is 17.3. The van der Waals surface area contributed by atoms with Crippen molar-refractivity contribution in [2.75, 3.05) is 20.8 Å². The molecule has 1 aromatic heterocycles. The maximum atomic E-state index is 12.3. The molecule has 0 amide bonds. The van der Waals surface area contributed by atoms with Gasteiger partial charge < -0.3 is 18.9 Å². The number of hydrogen-bond acceptors (Lipinski definition) is 7. The highest BCUT2D eigenvalue weighted by atomic mass is 35.5. The molecule has 0 radical (unpaired) electrons. The number of ether oxygens (including phenoxy) is 4. The van der Waals surface area contributed by atoms with Gasteiger partial charge in [0.2, 0.25) is 0 Å². The number of carbonyl (C=O) groups excluding carboxylic acids is 1. The molecule has 31 heavy (non-hydrogen) atoms. The summed E-state index contributed by atoms with van der Waals surface area (Å²) in [6.07, 6.45) is 0.264. The second kappa shape index (κ2) is 8.95. The zero-order valence-electron chi connectivity index (χ0n) is 17.4. The van der Waals surface area contributed by atoms with Gasteiger partial charge in [0, 0.05) is 16.1 Å². The van der Waals surface area contributed by atoms with Crippen LogP contribution in [0.4, 0.5) is 0 Å². The van der Waals surface area contributed by atoms with Crippen LogP contribution in [0.25, 0.3) is 5.69 Å². The predicted molar refractivity (Wildman–Crippen MR) is 113 cm³/mol. The molecule has 8 nitrogen and oxygen atoms in total. The third-order valence-electron chi connectivity index (χ3n) is 5.07. The summed E-state index contributed by atoms with van der Waals surface area (Å²) in [4.78, 5) is 12.3. The smallest absolute Gasteiger partial charge is 0.308 e. The Hall–Kier alpha value is -3.10. The van der Waals surface area contributed by atoms with Crippen molar-refractivity contribution >= 4 is 17.6 Å². The maximum Gasteiger partial charge on any atom is 0.308 e. The Morgan fingerprint density at radius 1 is 1.19 bits per heavy atom. The lowest BCUT2D eigenvalue weighted by Crippen LogP contribution is -2.17. The van der Waals surface area contributed by atoms with Crippen molar-refractivity contribution in [1.82, 2.24) is 14.8 Å². The molecule has 4 rings (SSSR count). The van der Waals surface area contributed by atoms with Gasteiger partial charge >= 0.3 is 5.97 Å². The lowest BCUT2D eigenvalue weighted by atomic mass is 9.98. The average Bonchev–Trinajstić information content (AvgIpc) is 3.21. The second-order valence-corrected chi connectivity index (χ2v) is 7.30. The molecule has 9 heteroatoms. The summed E-state index contributed by atoms with van der Waals surface area (Å²) in [6.45, 7) is 2.04. The Labute approximate surface area is 184 Å². The van der Waals surface area contributed by atoms with Gasteiger partial charge in [-0.05, 0) is 31.2 Å². The van der Waals surface area contributed by atoms with Crippen molar-refractivity contribution in [1.29, 1.82) is 0 Å². The summed E-state index contributed by atoms with van der Waals surface area (Å²) in [5.41, 5.74) is 2.31. The quantitative estimate of drug-likeness (QED) is 0.531. The molecule has 0 spiro atoms. The minimum absolute atomic E-state index is 0.0168. The number of hydrogen-bond donors (Lipinski definition) is 0. The largest absolute Gasteiger partial charge is 0.493 e. The van der Waals surface area contributed by atoms with E-state index in [-0.39, 0.29) is 19.0 Å². The van der Waals surface area contributed by atoms with Crippen LogP contribution in [0.15, 0.2) is 42.7 Å². The number of methoxy groups -OCH3 is 2. The molecule has 0 saturated carbocycles. The summed E-state index contributed by atoms with van der Waals surface area (Å²) < 4.78 is 24.6. The van der Waals surface area contributed by atoms with Crippen LogP contribution in [0.1, 0.15) is 42.5 Å². The zero-order valence-corrected chi connectivity index (χ0v) is 18.1. The summed E-state index contributed by atoms with van der Waals surface area (Å²) in [7, 11) is 3.15. The van der Waals surface area contributed by atoms with E-state index in [2.05, 4.69) is 10.2 Å². The maximum absolute atomic E-state index is 12.3. The summed E-state index contributed by atoms with van der Waals surface area (Å²) in [5, 5.41) is 8.81. The first-order valence-corrected chi connectivity index (χ1v) is 10.2. The highest BCUT2D eigenvalue weighted by Gasteiger charge is 2.35. The van der Waals surface area contributed by atoms with Crippen LogP contribution in [0.2, 0.25) is 5.02 Å². The van der Waals surface area contributed by atoms with Crippen LogP contribution in [0.3, 0.4) is 0 Å². The Bertz CT molecular complexity index is 1100. The van der Waals surface area contributed by atoms with Crippen LogP contribution in [-0.4, -0.2) is 41.6 Å². The van der Waals surface area contributed by atoms with Crippen LogP contribution in [0.5, 0.6) is 11.5 Å². The van der Waals surface area contributed by atoms with Gasteiger partial charge in [0.15, 0.2) is 17.3 Å². The first-order chi connectivity index (χ1) is 15.1. The van der Waals surface area contributed by atoms with Gasteiger partial charge in [-0.3, -0.25) is 9.36 Å². The lowest BCUT2D eigenvalue weighted by Gasteiger charge is -2.24. The van der Waals surface area contributed by atoms with Crippen molar-refractivity contribution < 1.29 is 23.7 Å². The molecular weight excluding hydrogens is 422 g/mol. The molecule has 0 aliphatic carbocycles. The average molecular weight is 444 g/mol. The fraction of sp³-hybridized carbons (Fsp3) is 0.318. The Balaban J connectivity index is 1.90. The SMILES string of the molecule is CCOC(=O)C[C@@H]1O[C@@H](c2cccc(OC)c2OC)c2cc(Cl)ccc2-n2cnnc21. The Kier molecular flexibility index (Phi) is 6.11. The van der Waals surface area contributed by atoms with Crippen LogP contribution in [0, 0.1) is 0 Å². The molecule has 1 aliphatic rings. The monoisotopic (exact) mass is 443 g/mol. The van der Waals surface area contributed by atoms with E-state index >= 15 is 0 Å². The van der Waals surface area contributed by atoms with Crippen molar-refractivity contribution in [2.24, 2.45) is 0 Å². The standard InChI is InChI=1S/C22H22ClN3O5/c1-4-30-19(27)11-18-22-25-24-12-26(22)16-9-8-13(23)10-15(16)20(31-18)14-6-5-7-17(28-2)21(14)29-3/h5-10,12,18,20H,4,11H2,1-3H3/t18-,20-/m0/s1. The second-order valence-electron chi connectivity index (χ2n) is 6.86. The number of aromatic nitrogens is 3. The Morgan fingerprint density at radius 3 is 2.77 bits per heavy atom. The van der Waals surface area contributed by atoms with Crippen LogP contribution < -0.4 is 9.47 Å². The molecule has 0 saturated heterocycles. The van der Waals surface area contributed by atoms with E-state index in [1.54, 1.807) is 33.5 Å². The van der Waals surface area contributed by atoms with Crippen molar-refractivity contribution in [3.8, 4) is 17.2 Å². The fourth-order valence-corrected chi connectivity index (χ4v) is 3.95. The number of benzene rings is 2. The molecule has 162 valence electrons. The molecule has 0 fully saturated rings. The van der Waals surface area contributed by atoms with Gasteiger partial charge in [-0.2, -0.15) is 0 Å². The molecular formula is C22H22ClN3O5. The molecule has 0 bridgehead atoms. The van der Waals surface area contributed by atoms with E-state index in [0.717, 1.165) is 16.8 Å². The summed E-state index contributed by atoms with van der Waals surface area (Å²) in [5.74, 6) is 1.22. The van der Waals surface area contributed by atoms with Crippen molar-refractivity contribution in [2.45, 2.75) is 25.6 Å². The molecule has 2 atom stereocenters. The fourth-order valence-electron chi connectivity index (χ4n) is 3.77. The first kappa shape index (κ1) is 21.1. The molecule has 0 unspecified atom stereocenters. The van der Waals surface area contributed by atoms with Gasteiger partial charge in [0.1, 0.15) is 18.5 Å². The summed E-state index contributed by atoms with van der Waals surface area (Å²) in [6, 6.07) is 11.1. The summed E-state index contributed by atoms with van der Waals surface area (Å²) >= 11 is 6.35. The van der Waals surface area contributed by atoms with Gasteiger partial charge in [-0.1, -0.05) is 23.7 Å². The number of fused-ring (bicyclic) bond motifs is 3. The number of nitrogens with zero attached hydrogens (tertiary/aromatic N) is 3. The molecule has 0 N–H and O–H groups in total. The highest BCUT2D eigenvalue weighted by molar-refractivity contribution is 6.30. The van der Waals surface area contributed by atoms with Crippen LogP contribution in [-0.2, 0) is 14.3 Å². The molecule has 2 heterocycles. The third kappa shape index (κ3) is 3.96. The molecule has 3 aromatic rings. The number of carbonyl (C=O) groups is 1. The zero-order chi connectivity index (χ0) is 22.0. The van der Waals surface area contributed by atoms with Gasteiger partial charge in [0.25, 0.3) is 0 Å². The number of esters is 1.